The fourth-order valence-corrected chi connectivity index (χ4v) is 2.43. The van der Waals surface area contributed by atoms with Crippen molar-refractivity contribution in [2.45, 2.75) is 63.7 Å². The molecular weight excluding hydrogens is 245 g/mol. The second-order valence-electron chi connectivity index (χ2n) is 4.94. The summed E-state index contributed by atoms with van der Waals surface area (Å²) in [5.74, 6) is -1.89. The van der Waals surface area contributed by atoms with Crippen LogP contribution < -0.4 is 11.1 Å². The Morgan fingerprint density at radius 2 is 2.00 bits per heavy atom. The molecule has 0 aromatic rings. The summed E-state index contributed by atoms with van der Waals surface area (Å²) in [7, 11) is 0. The lowest BCUT2D eigenvalue weighted by Gasteiger charge is -2.34. The van der Waals surface area contributed by atoms with Gasteiger partial charge in [-0.1, -0.05) is 26.2 Å². The van der Waals surface area contributed by atoms with Crippen LogP contribution in [0.5, 0.6) is 0 Å². The molecule has 0 aliphatic heterocycles. The smallest absolute Gasteiger partial charge is 0.351 e. The van der Waals surface area contributed by atoms with Crippen molar-refractivity contribution >= 4 is 5.91 Å². The van der Waals surface area contributed by atoms with Crippen molar-refractivity contribution in [1.82, 2.24) is 5.32 Å². The molecule has 1 fully saturated rings. The minimum Gasteiger partial charge on any atom is -0.351 e. The van der Waals surface area contributed by atoms with E-state index < -0.39 is 30.1 Å². The maximum absolute atomic E-state index is 12.8. The van der Waals surface area contributed by atoms with Crippen molar-refractivity contribution in [3.63, 3.8) is 0 Å². The van der Waals surface area contributed by atoms with Gasteiger partial charge in [0, 0.05) is 6.04 Å². The first-order chi connectivity index (χ1) is 8.36. The first-order valence-electron chi connectivity index (χ1n) is 6.49. The van der Waals surface area contributed by atoms with Crippen LogP contribution >= 0.6 is 0 Å². The molecule has 0 aromatic heterocycles. The van der Waals surface area contributed by atoms with Gasteiger partial charge >= 0.3 is 6.18 Å². The molecule has 0 heterocycles. The number of nitrogens with two attached hydrogens (primary N) is 1. The molecule has 0 radical (unpaired) electrons. The summed E-state index contributed by atoms with van der Waals surface area (Å²) in [5.41, 5.74) is 5.61. The molecule has 6 heteroatoms. The van der Waals surface area contributed by atoms with Gasteiger partial charge in [-0.15, -0.1) is 0 Å². The van der Waals surface area contributed by atoms with Gasteiger partial charge in [-0.25, -0.2) is 0 Å². The summed E-state index contributed by atoms with van der Waals surface area (Å²) >= 11 is 0. The number of alkyl halides is 3. The molecule has 18 heavy (non-hydrogen) atoms. The second-order valence-corrected chi connectivity index (χ2v) is 4.94. The topological polar surface area (TPSA) is 55.1 Å². The van der Waals surface area contributed by atoms with Crippen LogP contribution in [-0.4, -0.2) is 24.2 Å². The first-order valence-corrected chi connectivity index (χ1v) is 6.49. The number of carbonyl (C=O) groups is 1. The maximum Gasteiger partial charge on any atom is 0.393 e. The van der Waals surface area contributed by atoms with Crippen LogP contribution in [0, 0.1) is 5.92 Å². The normalized spacial score (nSPS) is 26.7. The molecule has 1 saturated carbocycles. The second kappa shape index (κ2) is 6.41. The van der Waals surface area contributed by atoms with E-state index in [9.17, 15) is 18.0 Å². The van der Waals surface area contributed by atoms with E-state index in [1.54, 1.807) is 0 Å². The zero-order valence-corrected chi connectivity index (χ0v) is 10.6. The van der Waals surface area contributed by atoms with E-state index in [2.05, 4.69) is 5.32 Å². The third-order valence-electron chi connectivity index (χ3n) is 3.45. The largest absolute Gasteiger partial charge is 0.393 e. The summed E-state index contributed by atoms with van der Waals surface area (Å²) in [5, 5.41) is 2.48. The fraction of sp³-hybridized carbons (Fsp3) is 0.917. The van der Waals surface area contributed by atoms with Crippen molar-refractivity contribution in [3.8, 4) is 0 Å². The zero-order chi connectivity index (χ0) is 13.8. The van der Waals surface area contributed by atoms with Gasteiger partial charge in [0.1, 0.15) is 0 Å². The predicted octanol–water partition coefficient (Wildman–Crippen LogP) is 2.35. The molecule has 1 aliphatic rings. The number of hydrogen-bond donors (Lipinski definition) is 2. The van der Waals surface area contributed by atoms with Crippen LogP contribution in [0.25, 0.3) is 0 Å². The Morgan fingerprint density at radius 3 is 2.56 bits per heavy atom. The van der Waals surface area contributed by atoms with Gasteiger partial charge in [0.15, 0.2) is 0 Å². The highest BCUT2D eigenvalue weighted by Crippen LogP contribution is 2.37. The van der Waals surface area contributed by atoms with E-state index in [1.165, 1.54) is 0 Å². The molecule has 106 valence electrons. The van der Waals surface area contributed by atoms with Crippen molar-refractivity contribution in [1.29, 1.82) is 0 Å². The van der Waals surface area contributed by atoms with E-state index in [4.69, 9.17) is 5.73 Å². The molecule has 3 N–H and O–H groups in total. The summed E-state index contributed by atoms with van der Waals surface area (Å²) in [4.78, 5) is 11.7. The SMILES string of the molecule is CCC[C@@H](N)C(=O)NC1CCCCC1C(F)(F)F. The van der Waals surface area contributed by atoms with E-state index in [0.29, 0.717) is 19.3 Å². The lowest BCUT2D eigenvalue weighted by molar-refractivity contribution is -0.189. The summed E-state index contributed by atoms with van der Waals surface area (Å²) in [6, 6.07) is -1.51. The van der Waals surface area contributed by atoms with Gasteiger partial charge in [0.05, 0.1) is 12.0 Å². The molecule has 2 unspecified atom stereocenters. The molecule has 0 spiro atoms. The van der Waals surface area contributed by atoms with E-state index in [-0.39, 0.29) is 6.42 Å². The van der Waals surface area contributed by atoms with Crippen LogP contribution in [0.4, 0.5) is 13.2 Å². The lowest BCUT2D eigenvalue weighted by Crippen LogP contribution is -2.52. The molecule has 0 bridgehead atoms. The summed E-state index contributed by atoms with van der Waals surface area (Å²) in [6.45, 7) is 1.88. The summed E-state index contributed by atoms with van der Waals surface area (Å²) < 4.78 is 38.4. The molecule has 0 saturated heterocycles. The van der Waals surface area contributed by atoms with Crippen LogP contribution in [0.1, 0.15) is 45.4 Å². The number of halogens is 3. The van der Waals surface area contributed by atoms with Crippen LogP contribution in [0.2, 0.25) is 0 Å². The quantitative estimate of drug-likeness (QED) is 0.820. The molecule has 3 atom stereocenters. The van der Waals surface area contributed by atoms with Crippen LogP contribution in [0.3, 0.4) is 0 Å². The Morgan fingerprint density at radius 1 is 1.39 bits per heavy atom. The molecule has 1 aliphatic carbocycles. The molecule has 3 nitrogen and oxygen atoms in total. The average molecular weight is 266 g/mol. The maximum atomic E-state index is 12.8. The molecular formula is C12H21F3N2O. The van der Waals surface area contributed by atoms with Crippen molar-refractivity contribution in [2.75, 3.05) is 0 Å². The third kappa shape index (κ3) is 4.15. The van der Waals surface area contributed by atoms with Gasteiger partial charge in [-0.2, -0.15) is 13.2 Å². The van der Waals surface area contributed by atoms with Crippen LogP contribution in [0.15, 0.2) is 0 Å². The van der Waals surface area contributed by atoms with Gasteiger partial charge < -0.3 is 11.1 Å². The molecule has 1 amide bonds. The molecule has 0 aromatic carbocycles. The minimum absolute atomic E-state index is 0.0947. The number of rotatable bonds is 4. The minimum atomic E-state index is -4.24. The number of carbonyl (C=O) groups excluding carboxylic acids is 1. The zero-order valence-electron chi connectivity index (χ0n) is 10.6. The van der Waals surface area contributed by atoms with E-state index in [0.717, 1.165) is 12.8 Å². The van der Waals surface area contributed by atoms with Crippen molar-refractivity contribution in [2.24, 2.45) is 11.7 Å². The average Bonchev–Trinajstić information content (AvgIpc) is 2.28. The van der Waals surface area contributed by atoms with E-state index >= 15 is 0 Å². The predicted molar refractivity (Wildman–Crippen MR) is 62.8 cm³/mol. The van der Waals surface area contributed by atoms with E-state index in [1.807, 2.05) is 6.92 Å². The van der Waals surface area contributed by atoms with Gasteiger partial charge in [-0.05, 0) is 19.3 Å². The highest BCUT2D eigenvalue weighted by Gasteiger charge is 2.46. The monoisotopic (exact) mass is 266 g/mol. The van der Waals surface area contributed by atoms with Gasteiger partial charge in [0.25, 0.3) is 0 Å². The Labute approximate surface area is 105 Å². The van der Waals surface area contributed by atoms with Gasteiger partial charge in [0.2, 0.25) is 5.91 Å². The highest BCUT2D eigenvalue weighted by molar-refractivity contribution is 5.81. The van der Waals surface area contributed by atoms with Crippen molar-refractivity contribution < 1.29 is 18.0 Å². The Bertz CT molecular complexity index is 281. The standard InChI is InChI=1S/C12H21F3N2O/c1-2-5-9(16)11(18)17-10-7-4-3-6-8(10)12(13,14)15/h8-10H,2-7,16H2,1H3,(H,17,18)/t8?,9-,10?/m1/s1. The number of hydrogen-bond acceptors (Lipinski definition) is 2. The molecule has 1 rings (SSSR count). The number of nitrogens with one attached hydrogen (secondary N) is 1. The Balaban J connectivity index is 2.60. The Hall–Kier alpha value is -0.780. The van der Waals surface area contributed by atoms with Crippen molar-refractivity contribution in [3.05, 3.63) is 0 Å². The fourth-order valence-electron chi connectivity index (χ4n) is 2.43. The lowest BCUT2D eigenvalue weighted by atomic mass is 9.84. The summed E-state index contributed by atoms with van der Waals surface area (Å²) in [6.07, 6.45) is -1.24. The highest BCUT2D eigenvalue weighted by atomic mass is 19.4. The number of amides is 1. The first kappa shape index (κ1) is 15.3. The Kier molecular flexibility index (Phi) is 5.44. The van der Waals surface area contributed by atoms with Crippen LogP contribution in [-0.2, 0) is 4.79 Å². The van der Waals surface area contributed by atoms with Gasteiger partial charge in [-0.3, -0.25) is 4.79 Å². The third-order valence-corrected chi connectivity index (χ3v) is 3.45.